The first-order valence-corrected chi connectivity index (χ1v) is 11.6. The molecule has 0 spiro atoms. The van der Waals surface area contributed by atoms with Crippen molar-refractivity contribution >= 4 is 35.0 Å². The Balaban J connectivity index is 1.45. The van der Waals surface area contributed by atoms with Crippen molar-refractivity contribution in [1.29, 1.82) is 0 Å². The second-order valence-corrected chi connectivity index (χ2v) is 9.11. The van der Waals surface area contributed by atoms with Crippen LogP contribution in [0, 0.1) is 5.82 Å². The molecule has 0 saturated carbocycles. The predicted octanol–water partition coefficient (Wildman–Crippen LogP) is 5.57. The summed E-state index contributed by atoms with van der Waals surface area (Å²) < 4.78 is 27.0. The maximum atomic E-state index is 14.8. The van der Waals surface area contributed by atoms with E-state index >= 15 is 0 Å². The van der Waals surface area contributed by atoms with Gasteiger partial charge in [-0.3, -0.25) is 9.36 Å². The normalized spacial score (nSPS) is 13.0. The first-order valence-electron chi connectivity index (χ1n) is 10.3. The number of fused-ring (bicyclic) bond motifs is 1. The van der Waals surface area contributed by atoms with E-state index < -0.39 is 11.1 Å². The van der Waals surface area contributed by atoms with Crippen molar-refractivity contribution in [2.24, 2.45) is 0 Å². The van der Waals surface area contributed by atoms with E-state index in [-0.39, 0.29) is 18.4 Å². The highest BCUT2D eigenvalue weighted by atomic mass is 35.5. The molecule has 1 aliphatic rings. The van der Waals surface area contributed by atoms with Crippen LogP contribution in [-0.4, -0.2) is 32.7 Å². The maximum absolute atomic E-state index is 14.8. The van der Waals surface area contributed by atoms with Crippen LogP contribution in [0.25, 0.3) is 17.1 Å². The van der Waals surface area contributed by atoms with Crippen molar-refractivity contribution in [3.63, 3.8) is 0 Å². The van der Waals surface area contributed by atoms with E-state index in [0.717, 1.165) is 11.8 Å². The van der Waals surface area contributed by atoms with Crippen LogP contribution in [-0.2, 0) is 4.79 Å². The Morgan fingerprint density at radius 2 is 1.85 bits per heavy atom. The molecule has 172 valence electrons. The zero-order valence-electron chi connectivity index (χ0n) is 17.9. The molecule has 5 rings (SSSR count). The largest absolute Gasteiger partial charge is 0.454 e. The summed E-state index contributed by atoms with van der Waals surface area (Å²) in [6.07, 6.45) is 0. The van der Waals surface area contributed by atoms with Gasteiger partial charge in [0, 0.05) is 17.3 Å². The van der Waals surface area contributed by atoms with E-state index in [1.807, 2.05) is 6.07 Å². The SMILES string of the molecule is C[C@@H](Sc1nnc(-c2ccccc2Cl)n1-c1ccccc1F)C(=O)Nc1ccc2c(c1)OCO2. The van der Waals surface area contributed by atoms with Gasteiger partial charge in [-0.05, 0) is 43.3 Å². The lowest BCUT2D eigenvalue weighted by atomic mass is 10.2. The molecule has 1 amide bonds. The van der Waals surface area contributed by atoms with Gasteiger partial charge in [-0.1, -0.05) is 47.6 Å². The van der Waals surface area contributed by atoms with Crippen LogP contribution in [0.2, 0.25) is 5.02 Å². The van der Waals surface area contributed by atoms with Gasteiger partial charge in [0.2, 0.25) is 12.7 Å². The molecule has 10 heteroatoms. The number of nitrogens with zero attached hydrogens (tertiary/aromatic N) is 3. The summed E-state index contributed by atoms with van der Waals surface area (Å²) in [5.41, 5.74) is 1.44. The Kier molecular flexibility index (Phi) is 6.12. The molecule has 0 radical (unpaired) electrons. The van der Waals surface area contributed by atoms with E-state index in [1.54, 1.807) is 66.1 Å². The van der Waals surface area contributed by atoms with E-state index in [2.05, 4.69) is 15.5 Å². The molecule has 4 aromatic rings. The van der Waals surface area contributed by atoms with Crippen LogP contribution in [0.15, 0.2) is 71.9 Å². The molecule has 7 nitrogen and oxygen atoms in total. The molecule has 0 aliphatic carbocycles. The van der Waals surface area contributed by atoms with Gasteiger partial charge in [-0.25, -0.2) is 4.39 Å². The molecule has 0 bridgehead atoms. The topological polar surface area (TPSA) is 78.3 Å². The lowest BCUT2D eigenvalue weighted by Gasteiger charge is -2.15. The van der Waals surface area contributed by atoms with Gasteiger partial charge in [0.05, 0.1) is 16.0 Å². The number of rotatable bonds is 6. The third-order valence-electron chi connectivity index (χ3n) is 5.13. The first-order chi connectivity index (χ1) is 16.5. The second-order valence-electron chi connectivity index (χ2n) is 7.39. The summed E-state index contributed by atoms with van der Waals surface area (Å²) in [5.74, 6) is 0.870. The molecular weight excluding hydrogens is 479 g/mol. The standard InChI is InChI=1S/C24H18ClFN4O3S/c1-14(23(31)27-15-10-11-20-21(12-15)33-13-32-20)34-24-29-28-22(16-6-2-3-7-17(16)25)30(24)19-9-5-4-8-18(19)26/h2-12,14H,13H2,1H3,(H,27,31)/t14-/m1/s1. The lowest BCUT2D eigenvalue weighted by molar-refractivity contribution is -0.115. The number of hydrogen-bond acceptors (Lipinski definition) is 6. The van der Waals surface area contributed by atoms with Crippen molar-refractivity contribution in [2.45, 2.75) is 17.3 Å². The summed E-state index contributed by atoms with van der Waals surface area (Å²) in [6, 6.07) is 18.6. The quantitative estimate of drug-likeness (QED) is 0.351. The fraction of sp³-hybridized carbons (Fsp3) is 0.125. The van der Waals surface area contributed by atoms with Crippen LogP contribution in [0.5, 0.6) is 11.5 Å². The lowest BCUT2D eigenvalue weighted by Crippen LogP contribution is -2.23. The van der Waals surface area contributed by atoms with E-state index in [4.69, 9.17) is 21.1 Å². The van der Waals surface area contributed by atoms with Crippen LogP contribution >= 0.6 is 23.4 Å². The highest BCUT2D eigenvalue weighted by Gasteiger charge is 2.24. The predicted molar refractivity (Wildman–Crippen MR) is 128 cm³/mol. The minimum absolute atomic E-state index is 0.151. The maximum Gasteiger partial charge on any atom is 0.237 e. The zero-order valence-corrected chi connectivity index (χ0v) is 19.4. The summed E-state index contributed by atoms with van der Waals surface area (Å²) in [5, 5.41) is 11.6. The molecule has 1 aliphatic heterocycles. The van der Waals surface area contributed by atoms with Crippen LogP contribution in [0.4, 0.5) is 10.1 Å². The number of thioether (sulfide) groups is 1. The molecular formula is C24H18ClFN4O3S. The number of aromatic nitrogens is 3. The summed E-state index contributed by atoms with van der Waals surface area (Å²) in [4.78, 5) is 12.9. The van der Waals surface area contributed by atoms with Gasteiger partial charge in [-0.2, -0.15) is 0 Å². The Bertz CT molecular complexity index is 1380. The second kappa shape index (κ2) is 9.36. The molecule has 1 N–H and O–H groups in total. The van der Waals surface area contributed by atoms with Gasteiger partial charge >= 0.3 is 0 Å². The Morgan fingerprint density at radius 1 is 1.09 bits per heavy atom. The average Bonchev–Trinajstić information content (AvgIpc) is 3.46. The number of anilines is 1. The van der Waals surface area contributed by atoms with Crippen LogP contribution in [0.3, 0.4) is 0 Å². The third kappa shape index (κ3) is 4.32. The summed E-state index contributed by atoms with van der Waals surface area (Å²) in [7, 11) is 0. The van der Waals surface area contributed by atoms with Gasteiger partial charge in [0.25, 0.3) is 0 Å². The number of benzene rings is 3. The van der Waals surface area contributed by atoms with Crippen LogP contribution < -0.4 is 14.8 Å². The molecule has 1 aromatic heterocycles. The number of carbonyl (C=O) groups is 1. The Hall–Kier alpha value is -3.56. The molecule has 0 unspecified atom stereocenters. The zero-order chi connectivity index (χ0) is 23.7. The monoisotopic (exact) mass is 496 g/mol. The molecule has 0 saturated heterocycles. The highest BCUT2D eigenvalue weighted by Crippen LogP contribution is 2.36. The van der Waals surface area contributed by atoms with Gasteiger partial charge in [0.1, 0.15) is 5.82 Å². The van der Waals surface area contributed by atoms with Gasteiger partial charge in [-0.15, -0.1) is 10.2 Å². The first kappa shape index (κ1) is 22.2. The number of halogens is 2. The average molecular weight is 497 g/mol. The molecule has 3 aromatic carbocycles. The number of ether oxygens (including phenoxy) is 2. The third-order valence-corrected chi connectivity index (χ3v) is 6.51. The van der Waals surface area contributed by atoms with Gasteiger partial charge in [0.15, 0.2) is 22.5 Å². The minimum atomic E-state index is -0.570. The number of hydrogen-bond donors (Lipinski definition) is 1. The Morgan fingerprint density at radius 3 is 2.68 bits per heavy atom. The van der Waals surface area contributed by atoms with Gasteiger partial charge < -0.3 is 14.8 Å². The van der Waals surface area contributed by atoms with Crippen molar-refractivity contribution in [1.82, 2.24) is 14.8 Å². The van der Waals surface area contributed by atoms with Crippen LogP contribution in [0.1, 0.15) is 6.92 Å². The van der Waals surface area contributed by atoms with Crippen molar-refractivity contribution in [2.75, 3.05) is 12.1 Å². The smallest absolute Gasteiger partial charge is 0.237 e. The van der Waals surface area contributed by atoms with Crippen molar-refractivity contribution in [3.8, 4) is 28.6 Å². The number of nitrogens with one attached hydrogen (secondary N) is 1. The highest BCUT2D eigenvalue weighted by molar-refractivity contribution is 8.00. The number of amides is 1. The minimum Gasteiger partial charge on any atom is -0.454 e. The van der Waals surface area contributed by atoms with E-state index in [0.29, 0.717) is 38.8 Å². The Labute approximate surface area is 203 Å². The van der Waals surface area contributed by atoms with Crippen molar-refractivity contribution in [3.05, 3.63) is 77.6 Å². The van der Waals surface area contributed by atoms with Crippen molar-refractivity contribution < 1.29 is 18.7 Å². The number of para-hydroxylation sites is 1. The molecule has 2 heterocycles. The molecule has 34 heavy (non-hydrogen) atoms. The van der Waals surface area contributed by atoms with E-state index in [1.165, 1.54) is 6.07 Å². The molecule has 0 fully saturated rings. The number of carbonyl (C=O) groups excluding carboxylic acids is 1. The fourth-order valence-electron chi connectivity index (χ4n) is 3.44. The van der Waals surface area contributed by atoms with E-state index in [9.17, 15) is 9.18 Å². The summed E-state index contributed by atoms with van der Waals surface area (Å²) in [6.45, 7) is 1.89. The molecule has 1 atom stereocenters. The fourth-order valence-corrected chi connectivity index (χ4v) is 4.52. The summed E-state index contributed by atoms with van der Waals surface area (Å²) >= 11 is 7.55.